The fraction of sp³-hybridized carbons (Fsp3) is 0.923. The van der Waals surface area contributed by atoms with Gasteiger partial charge in [-0.15, -0.1) is 24.0 Å². The summed E-state index contributed by atoms with van der Waals surface area (Å²) in [6, 6.07) is 0. The first-order valence-corrected chi connectivity index (χ1v) is 6.94. The van der Waals surface area contributed by atoms with Crippen LogP contribution in [0.4, 0.5) is 0 Å². The number of rotatable bonds is 10. The molecule has 0 aliphatic heterocycles. The highest BCUT2D eigenvalue weighted by Gasteiger charge is 2.01. The SMILES string of the molecule is CCCN(CC)CCNC(=NC)NCCCOC.I. The number of guanidine groups is 1. The first-order valence-electron chi connectivity index (χ1n) is 6.94. The Balaban J connectivity index is 0. The van der Waals surface area contributed by atoms with Crippen LogP contribution in [0.15, 0.2) is 4.99 Å². The number of nitrogens with zero attached hydrogens (tertiary/aromatic N) is 2. The van der Waals surface area contributed by atoms with E-state index < -0.39 is 0 Å². The third kappa shape index (κ3) is 12.7. The van der Waals surface area contributed by atoms with E-state index in [2.05, 4.69) is 34.4 Å². The van der Waals surface area contributed by atoms with Crippen LogP contribution in [0.1, 0.15) is 26.7 Å². The second-order valence-electron chi connectivity index (χ2n) is 4.21. The zero-order chi connectivity index (χ0) is 13.6. The number of methoxy groups -OCH3 is 1. The van der Waals surface area contributed by atoms with Gasteiger partial charge in [-0.25, -0.2) is 0 Å². The molecule has 0 rings (SSSR count). The number of likely N-dealkylation sites (N-methyl/N-ethyl adjacent to an activating group) is 1. The van der Waals surface area contributed by atoms with E-state index in [0.717, 1.165) is 51.7 Å². The molecule has 19 heavy (non-hydrogen) atoms. The summed E-state index contributed by atoms with van der Waals surface area (Å²) >= 11 is 0. The van der Waals surface area contributed by atoms with Crippen molar-refractivity contribution in [1.82, 2.24) is 15.5 Å². The summed E-state index contributed by atoms with van der Waals surface area (Å²) in [5.41, 5.74) is 0. The van der Waals surface area contributed by atoms with E-state index in [-0.39, 0.29) is 24.0 Å². The molecule has 0 aliphatic carbocycles. The molecule has 0 aliphatic rings. The molecule has 0 saturated carbocycles. The molecule has 116 valence electrons. The Morgan fingerprint density at radius 3 is 2.37 bits per heavy atom. The fourth-order valence-electron chi connectivity index (χ4n) is 1.72. The van der Waals surface area contributed by atoms with Crippen molar-refractivity contribution in [2.45, 2.75) is 26.7 Å². The molecular formula is C13H31IN4O. The van der Waals surface area contributed by atoms with Gasteiger partial charge < -0.3 is 20.3 Å². The summed E-state index contributed by atoms with van der Waals surface area (Å²) in [7, 11) is 3.52. The summed E-state index contributed by atoms with van der Waals surface area (Å²) in [4.78, 5) is 6.63. The highest BCUT2D eigenvalue weighted by atomic mass is 127. The highest BCUT2D eigenvalue weighted by Crippen LogP contribution is 1.89. The Hall–Kier alpha value is -0.0800. The van der Waals surface area contributed by atoms with Gasteiger partial charge in [-0.05, 0) is 25.9 Å². The Morgan fingerprint density at radius 1 is 1.16 bits per heavy atom. The Morgan fingerprint density at radius 2 is 1.84 bits per heavy atom. The van der Waals surface area contributed by atoms with Gasteiger partial charge >= 0.3 is 0 Å². The molecule has 0 aromatic carbocycles. The fourth-order valence-corrected chi connectivity index (χ4v) is 1.72. The van der Waals surface area contributed by atoms with Gasteiger partial charge in [-0.1, -0.05) is 13.8 Å². The van der Waals surface area contributed by atoms with Crippen molar-refractivity contribution in [2.75, 3.05) is 53.5 Å². The van der Waals surface area contributed by atoms with Crippen LogP contribution in [0.25, 0.3) is 0 Å². The van der Waals surface area contributed by atoms with Crippen molar-refractivity contribution >= 4 is 29.9 Å². The van der Waals surface area contributed by atoms with Crippen molar-refractivity contribution in [3.05, 3.63) is 0 Å². The van der Waals surface area contributed by atoms with Gasteiger partial charge in [0.15, 0.2) is 5.96 Å². The first kappa shape index (κ1) is 21.2. The highest BCUT2D eigenvalue weighted by molar-refractivity contribution is 14.0. The first-order chi connectivity index (χ1) is 8.78. The number of aliphatic imine (C=N–C) groups is 1. The third-order valence-corrected chi connectivity index (χ3v) is 2.75. The molecule has 2 N–H and O–H groups in total. The van der Waals surface area contributed by atoms with Crippen LogP contribution in [0.2, 0.25) is 0 Å². The van der Waals surface area contributed by atoms with Crippen molar-refractivity contribution in [3.8, 4) is 0 Å². The predicted octanol–water partition coefficient (Wildman–Crippen LogP) is 1.54. The number of ether oxygens (including phenoxy) is 1. The number of halogens is 1. The molecule has 0 heterocycles. The molecular weight excluding hydrogens is 355 g/mol. The van der Waals surface area contributed by atoms with Crippen LogP contribution in [-0.4, -0.2) is 64.3 Å². The molecule has 0 unspecified atom stereocenters. The van der Waals surface area contributed by atoms with Crippen LogP contribution in [0.3, 0.4) is 0 Å². The van der Waals surface area contributed by atoms with Crippen molar-refractivity contribution in [2.24, 2.45) is 4.99 Å². The van der Waals surface area contributed by atoms with E-state index in [1.165, 1.54) is 6.42 Å². The van der Waals surface area contributed by atoms with E-state index in [4.69, 9.17) is 4.74 Å². The lowest BCUT2D eigenvalue weighted by Gasteiger charge is -2.20. The third-order valence-electron chi connectivity index (χ3n) is 2.75. The molecule has 6 heteroatoms. The number of hydrogen-bond acceptors (Lipinski definition) is 3. The van der Waals surface area contributed by atoms with Gasteiger partial charge in [-0.3, -0.25) is 4.99 Å². The van der Waals surface area contributed by atoms with E-state index in [0.29, 0.717) is 0 Å². The number of nitrogens with one attached hydrogen (secondary N) is 2. The van der Waals surface area contributed by atoms with Crippen molar-refractivity contribution in [3.63, 3.8) is 0 Å². The van der Waals surface area contributed by atoms with Gasteiger partial charge in [0.05, 0.1) is 0 Å². The molecule has 0 bridgehead atoms. The minimum Gasteiger partial charge on any atom is -0.385 e. The van der Waals surface area contributed by atoms with E-state index in [9.17, 15) is 0 Å². The smallest absolute Gasteiger partial charge is 0.191 e. The van der Waals surface area contributed by atoms with Gasteiger partial charge in [-0.2, -0.15) is 0 Å². The molecule has 0 aromatic heterocycles. The van der Waals surface area contributed by atoms with E-state index in [1.54, 1.807) is 14.2 Å². The molecule has 0 amide bonds. The quantitative estimate of drug-likeness (QED) is 0.259. The molecule has 0 atom stereocenters. The monoisotopic (exact) mass is 386 g/mol. The maximum atomic E-state index is 5.00. The zero-order valence-electron chi connectivity index (χ0n) is 12.9. The summed E-state index contributed by atoms with van der Waals surface area (Å²) in [5, 5.41) is 6.59. The Labute approximate surface area is 135 Å². The van der Waals surface area contributed by atoms with Crippen LogP contribution >= 0.6 is 24.0 Å². The zero-order valence-corrected chi connectivity index (χ0v) is 15.2. The van der Waals surface area contributed by atoms with Gasteiger partial charge in [0.1, 0.15) is 0 Å². The second kappa shape index (κ2) is 16.0. The van der Waals surface area contributed by atoms with E-state index >= 15 is 0 Å². The molecule has 0 spiro atoms. The molecule has 0 radical (unpaired) electrons. The molecule has 0 saturated heterocycles. The van der Waals surface area contributed by atoms with Gasteiger partial charge in [0, 0.05) is 40.4 Å². The van der Waals surface area contributed by atoms with Gasteiger partial charge in [0.2, 0.25) is 0 Å². The molecule has 0 aromatic rings. The van der Waals surface area contributed by atoms with Gasteiger partial charge in [0.25, 0.3) is 0 Å². The van der Waals surface area contributed by atoms with Crippen LogP contribution in [-0.2, 0) is 4.74 Å². The largest absolute Gasteiger partial charge is 0.385 e. The topological polar surface area (TPSA) is 48.9 Å². The Bertz CT molecular complexity index is 215. The van der Waals surface area contributed by atoms with Crippen LogP contribution < -0.4 is 10.6 Å². The summed E-state index contributed by atoms with van der Waals surface area (Å²) in [6.45, 7) is 10.3. The second-order valence-corrected chi connectivity index (χ2v) is 4.21. The summed E-state index contributed by atoms with van der Waals surface area (Å²) in [6.07, 6.45) is 2.20. The average Bonchev–Trinajstić information content (AvgIpc) is 2.40. The standard InChI is InChI=1S/C13H30N4O.HI/c1-5-10-17(6-2)11-9-16-13(14-3)15-8-7-12-18-4;/h5-12H2,1-4H3,(H2,14,15,16);1H. The lowest BCUT2D eigenvalue weighted by Crippen LogP contribution is -2.42. The lowest BCUT2D eigenvalue weighted by molar-refractivity contribution is 0.195. The summed E-state index contributed by atoms with van der Waals surface area (Å²) in [5.74, 6) is 0.874. The maximum Gasteiger partial charge on any atom is 0.191 e. The predicted molar refractivity (Wildman–Crippen MR) is 93.7 cm³/mol. The molecule has 0 fully saturated rings. The minimum absolute atomic E-state index is 0. The minimum atomic E-state index is 0. The molecule has 5 nitrogen and oxygen atoms in total. The van der Waals surface area contributed by atoms with Crippen LogP contribution in [0.5, 0.6) is 0 Å². The van der Waals surface area contributed by atoms with Crippen molar-refractivity contribution in [1.29, 1.82) is 0 Å². The average molecular weight is 386 g/mol. The number of hydrogen-bond donors (Lipinski definition) is 2. The normalized spacial score (nSPS) is 11.3. The summed E-state index contributed by atoms with van der Waals surface area (Å²) < 4.78 is 5.00. The lowest BCUT2D eigenvalue weighted by atomic mass is 10.4. The van der Waals surface area contributed by atoms with Crippen LogP contribution in [0, 0.1) is 0 Å². The Kier molecular flexibility index (Phi) is 17.8. The van der Waals surface area contributed by atoms with E-state index in [1.807, 2.05) is 0 Å². The van der Waals surface area contributed by atoms with Crippen molar-refractivity contribution < 1.29 is 4.74 Å². The maximum absolute atomic E-state index is 5.00.